The summed E-state index contributed by atoms with van der Waals surface area (Å²) >= 11 is 5.77. The number of unbranched alkanes of at least 4 members (excludes halogenated alkanes) is 1. The van der Waals surface area contributed by atoms with E-state index < -0.39 is 0 Å². The molecule has 0 fully saturated rings. The molecule has 1 aromatic rings. The van der Waals surface area contributed by atoms with Crippen molar-refractivity contribution in [1.29, 1.82) is 0 Å². The zero-order valence-corrected chi connectivity index (χ0v) is 10.8. The fourth-order valence-electron chi connectivity index (χ4n) is 1.31. The highest BCUT2D eigenvalue weighted by Gasteiger charge is 1.94. The van der Waals surface area contributed by atoms with Gasteiger partial charge in [0.15, 0.2) is 0 Å². The van der Waals surface area contributed by atoms with Crippen LogP contribution in [-0.2, 0) is 4.74 Å². The van der Waals surface area contributed by atoms with Crippen molar-refractivity contribution in [3.8, 4) is 5.75 Å². The normalized spacial score (nSPS) is 10.5. The molecule has 0 amide bonds. The summed E-state index contributed by atoms with van der Waals surface area (Å²) in [7, 11) is 0. The lowest BCUT2D eigenvalue weighted by Gasteiger charge is -2.06. The summed E-state index contributed by atoms with van der Waals surface area (Å²) in [5.74, 6) is 0.860. The summed E-state index contributed by atoms with van der Waals surface area (Å²) in [6.45, 7) is 2.94. The van der Waals surface area contributed by atoms with E-state index in [0.717, 1.165) is 43.2 Å². The van der Waals surface area contributed by atoms with Crippen molar-refractivity contribution < 1.29 is 9.47 Å². The Morgan fingerprint density at radius 1 is 0.941 bits per heavy atom. The van der Waals surface area contributed by atoms with Gasteiger partial charge < -0.3 is 15.2 Å². The first-order valence-corrected chi connectivity index (χ1v) is 6.37. The molecule has 0 aliphatic heterocycles. The van der Waals surface area contributed by atoms with E-state index >= 15 is 0 Å². The van der Waals surface area contributed by atoms with Crippen LogP contribution in [0.25, 0.3) is 0 Å². The summed E-state index contributed by atoms with van der Waals surface area (Å²) in [5, 5.41) is 0.727. The quantitative estimate of drug-likeness (QED) is 0.692. The highest BCUT2D eigenvalue weighted by molar-refractivity contribution is 6.30. The van der Waals surface area contributed by atoms with Crippen molar-refractivity contribution in [2.45, 2.75) is 19.3 Å². The first-order valence-electron chi connectivity index (χ1n) is 5.99. The van der Waals surface area contributed by atoms with Crippen molar-refractivity contribution in [2.24, 2.45) is 5.73 Å². The van der Waals surface area contributed by atoms with Crippen molar-refractivity contribution >= 4 is 11.6 Å². The molecule has 1 rings (SSSR count). The molecule has 0 saturated heterocycles. The number of rotatable bonds is 9. The number of hydrogen-bond donors (Lipinski definition) is 1. The van der Waals surface area contributed by atoms with E-state index in [-0.39, 0.29) is 0 Å². The molecule has 4 heteroatoms. The maximum atomic E-state index is 5.77. The maximum absolute atomic E-state index is 5.77. The number of benzene rings is 1. The summed E-state index contributed by atoms with van der Waals surface area (Å²) in [4.78, 5) is 0. The van der Waals surface area contributed by atoms with Gasteiger partial charge >= 0.3 is 0 Å². The average molecular weight is 258 g/mol. The Balaban J connectivity index is 1.95. The van der Waals surface area contributed by atoms with Crippen molar-refractivity contribution in [2.75, 3.05) is 26.4 Å². The molecule has 96 valence electrons. The minimum atomic E-state index is 0.694. The third-order valence-electron chi connectivity index (χ3n) is 2.26. The predicted molar refractivity (Wildman–Crippen MR) is 70.7 cm³/mol. The van der Waals surface area contributed by atoms with Crippen molar-refractivity contribution in [3.63, 3.8) is 0 Å². The second-order valence-corrected chi connectivity index (χ2v) is 4.20. The molecule has 0 aliphatic carbocycles. The fourth-order valence-corrected chi connectivity index (χ4v) is 1.44. The molecule has 0 saturated carbocycles. The Hall–Kier alpha value is -0.770. The summed E-state index contributed by atoms with van der Waals surface area (Å²) in [6, 6.07) is 7.40. The topological polar surface area (TPSA) is 44.5 Å². The van der Waals surface area contributed by atoms with Gasteiger partial charge in [0.05, 0.1) is 6.61 Å². The van der Waals surface area contributed by atoms with E-state index in [4.69, 9.17) is 26.8 Å². The summed E-state index contributed by atoms with van der Waals surface area (Å²) in [5.41, 5.74) is 5.36. The van der Waals surface area contributed by atoms with E-state index in [0.29, 0.717) is 13.2 Å². The molecule has 0 radical (unpaired) electrons. The van der Waals surface area contributed by atoms with Gasteiger partial charge in [-0.3, -0.25) is 0 Å². The monoisotopic (exact) mass is 257 g/mol. The SMILES string of the molecule is NCCCOCCCCOc1ccc(Cl)cc1. The van der Waals surface area contributed by atoms with Crippen LogP contribution in [0.4, 0.5) is 0 Å². The average Bonchev–Trinajstić information content (AvgIpc) is 2.35. The highest BCUT2D eigenvalue weighted by atomic mass is 35.5. The maximum Gasteiger partial charge on any atom is 0.119 e. The summed E-state index contributed by atoms with van der Waals surface area (Å²) < 4.78 is 10.9. The Morgan fingerprint density at radius 3 is 2.29 bits per heavy atom. The lowest BCUT2D eigenvalue weighted by atomic mass is 10.3. The molecule has 1 aromatic carbocycles. The second kappa shape index (κ2) is 9.28. The van der Waals surface area contributed by atoms with Crippen LogP contribution in [0.1, 0.15) is 19.3 Å². The van der Waals surface area contributed by atoms with Crippen LogP contribution < -0.4 is 10.5 Å². The van der Waals surface area contributed by atoms with Gasteiger partial charge in [0.25, 0.3) is 0 Å². The van der Waals surface area contributed by atoms with Gasteiger partial charge in [0.1, 0.15) is 5.75 Å². The zero-order valence-electron chi connectivity index (χ0n) is 10.0. The Morgan fingerprint density at radius 2 is 1.59 bits per heavy atom. The van der Waals surface area contributed by atoms with Gasteiger partial charge in [-0.25, -0.2) is 0 Å². The first-order chi connectivity index (χ1) is 8.33. The van der Waals surface area contributed by atoms with Gasteiger partial charge in [-0.2, -0.15) is 0 Å². The van der Waals surface area contributed by atoms with Gasteiger partial charge in [-0.1, -0.05) is 11.6 Å². The first kappa shape index (κ1) is 14.3. The molecule has 3 nitrogen and oxygen atoms in total. The molecule has 17 heavy (non-hydrogen) atoms. The molecular weight excluding hydrogens is 238 g/mol. The van der Waals surface area contributed by atoms with Crippen LogP contribution >= 0.6 is 11.6 Å². The predicted octanol–water partition coefficient (Wildman–Crippen LogP) is 2.86. The third kappa shape index (κ3) is 7.21. The van der Waals surface area contributed by atoms with E-state index in [2.05, 4.69) is 0 Å². The molecule has 0 unspecified atom stereocenters. The number of hydrogen-bond acceptors (Lipinski definition) is 3. The van der Waals surface area contributed by atoms with Crippen LogP contribution in [0, 0.1) is 0 Å². The lowest BCUT2D eigenvalue weighted by molar-refractivity contribution is 0.125. The van der Waals surface area contributed by atoms with E-state index in [9.17, 15) is 0 Å². The molecule has 0 atom stereocenters. The molecular formula is C13H20ClNO2. The van der Waals surface area contributed by atoms with Gasteiger partial charge in [-0.05, 0) is 50.1 Å². The smallest absolute Gasteiger partial charge is 0.119 e. The minimum absolute atomic E-state index is 0.694. The van der Waals surface area contributed by atoms with Gasteiger partial charge in [0.2, 0.25) is 0 Å². The molecule has 0 spiro atoms. The van der Waals surface area contributed by atoms with Crippen LogP contribution in [0.3, 0.4) is 0 Å². The largest absolute Gasteiger partial charge is 0.494 e. The Kier molecular flexibility index (Phi) is 7.80. The standard InChI is InChI=1S/C13H20ClNO2/c14-12-4-6-13(7-5-12)17-11-2-1-9-16-10-3-8-15/h4-7H,1-3,8-11,15H2. The molecule has 2 N–H and O–H groups in total. The number of halogens is 1. The Labute approximate surface area is 108 Å². The van der Waals surface area contributed by atoms with Crippen LogP contribution in [0.5, 0.6) is 5.75 Å². The lowest BCUT2D eigenvalue weighted by Crippen LogP contribution is -2.06. The molecule has 0 aliphatic rings. The van der Waals surface area contributed by atoms with Gasteiger partial charge in [0, 0.05) is 18.2 Å². The Bertz CT molecular complexity index is 290. The fraction of sp³-hybridized carbons (Fsp3) is 0.538. The van der Waals surface area contributed by atoms with Crippen molar-refractivity contribution in [1.82, 2.24) is 0 Å². The van der Waals surface area contributed by atoms with Gasteiger partial charge in [-0.15, -0.1) is 0 Å². The number of ether oxygens (including phenoxy) is 2. The van der Waals surface area contributed by atoms with Crippen molar-refractivity contribution in [3.05, 3.63) is 29.3 Å². The van der Waals surface area contributed by atoms with E-state index in [1.807, 2.05) is 24.3 Å². The highest BCUT2D eigenvalue weighted by Crippen LogP contribution is 2.15. The minimum Gasteiger partial charge on any atom is -0.494 e. The van der Waals surface area contributed by atoms with Crippen LogP contribution in [0.2, 0.25) is 5.02 Å². The number of nitrogens with two attached hydrogens (primary N) is 1. The second-order valence-electron chi connectivity index (χ2n) is 3.76. The summed E-state index contributed by atoms with van der Waals surface area (Å²) in [6.07, 6.45) is 2.94. The van der Waals surface area contributed by atoms with E-state index in [1.54, 1.807) is 0 Å². The molecule has 0 heterocycles. The zero-order chi connectivity index (χ0) is 12.3. The molecule has 0 aromatic heterocycles. The van der Waals surface area contributed by atoms with Crippen LogP contribution in [-0.4, -0.2) is 26.4 Å². The molecule has 0 bridgehead atoms. The third-order valence-corrected chi connectivity index (χ3v) is 2.51. The van der Waals surface area contributed by atoms with Crippen LogP contribution in [0.15, 0.2) is 24.3 Å². The van der Waals surface area contributed by atoms with E-state index in [1.165, 1.54) is 0 Å².